The number of hydrogen-bond acceptors (Lipinski definition) is 2. The fraction of sp³-hybridized carbons (Fsp3) is 0.533. The lowest BCUT2D eigenvalue weighted by Gasteiger charge is -2.18. The fourth-order valence-corrected chi connectivity index (χ4v) is 2.68. The van der Waals surface area contributed by atoms with Gasteiger partial charge in [0.1, 0.15) is 6.04 Å². The van der Waals surface area contributed by atoms with Gasteiger partial charge >= 0.3 is 0 Å². The summed E-state index contributed by atoms with van der Waals surface area (Å²) in [7, 11) is 0. The molecule has 1 saturated carbocycles. The second-order valence-electron chi connectivity index (χ2n) is 5.30. The number of nitrogens with two attached hydrogens (primary N) is 1. The average Bonchev–Trinajstić information content (AvgIpc) is 2.81. The van der Waals surface area contributed by atoms with Crippen molar-refractivity contribution in [3.05, 3.63) is 35.9 Å². The largest absolute Gasteiger partial charge is 0.354 e. The topological polar surface area (TPSA) is 55.1 Å². The zero-order valence-electron chi connectivity index (χ0n) is 10.9. The van der Waals surface area contributed by atoms with Crippen LogP contribution in [0.3, 0.4) is 0 Å². The number of benzene rings is 1. The lowest BCUT2D eigenvalue weighted by molar-refractivity contribution is -0.122. The first-order valence-corrected chi connectivity index (χ1v) is 6.76. The van der Waals surface area contributed by atoms with Crippen LogP contribution in [0.15, 0.2) is 30.3 Å². The van der Waals surface area contributed by atoms with E-state index in [4.69, 9.17) is 5.73 Å². The van der Waals surface area contributed by atoms with Crippen LogP contribution in [-0.2, 0) is 4.79 Å². The molecule has 3 nitrogen and oxygen atoms in total. The molecule has 0 aliphatic heterocycles. The maximum atomic E-state index is 12.0. The molecule has 1 aromatic rings. The molecule has 98 valence electrons. The quantitative estimate of drug-likeness (QED) is 0.856. The van der Waals surface area contributed by atoms with E-state index in [-0.39, 0.29) is 5.91 Å². The Labute approximate surface area is 109 Å². The summed E-state index contributed by atoms with van der Waals surface area (Å²) in [5.74, 6) is 1.27. The molecule has 18 heavy (non-hydrogen) atoms. The Morgan fingerprint density at radius 1 is 1.39 bits per heavy atom. The number of nitrogens with one attached hydrogen (secondary N) is 1. The van der Waals surface area contributed by atoms with Crippen molar-refractivity contribution in [3.8, 4) is 0 Å². The first kappa shape index (κ1) is 13.1. The average molecular weight is 246 g/mol. The lowest BCUT2D eigenvalue weighted by Crippen LogP contribution is -2.37. The van der Waals surface area contributed by atoms with Crippen molar-refractivity contribution in [3.63, 3.8) is 0 Å². The number of hydrogen-bond donors (Lipinski definition) is 2. The minimum Gasteiger partial charge on any atom is -0.354 e. The van der Waals surface area contributed by atoms with Crippen LogP contribution in [0.4, 0.5) is 0 Å². The smallest absolute Gasteiger partial charge is 0.241 e. The lowest BCUT2D eigenvalue weighted by atomic mass is 9.98. The summed E-state index contributed by atoms with van der Waals surface area (Å²) in [4.78, 5) is 12.0. The van der Waals surface area contributed by atoms with Crippen LogP contribution in [0, 0.1) is 11.8 Å². The molecule has 0 bridgehead atoms. The molecule has 0 radical (unpaired) electrons. The molecule has 1 fully saturated rings. The van der Waals surface area contributed by atoms with Gasteiger partial charge in [-0.1, -0.05) is 50.1 Å². The molecule has 0 aromatic heterocycles. The van der Waals surface area contributed by atoms with Crippen molar-refractivity contribution in [1.82, 2.24) is 5.32 Å². The number of rotatable bonds is 4. The van der Waals surface area contributed by atoms with Crippen LogP contribution in [0.5, 0.6) is 0 Å². The van der Waals surface area contributed by atoms with Crippen molar-refractivity contribution in [1.29, 1.82) is 0 Å². The molecule has 2 rings (SSSR count). The van der Waals surface area contributed by atoms with E-state index in [0.717, 1.165) is 18.0 Å². The number of amides is 1. The number of carbonyl (C=O) groups excluding carboxylic acids is 1. The zero-order chi connectivity index (χ0) is 13.0. The molecule has 3 heteroatoms. The molecular weight excluding hydrogens is 224 g/mol. The molecule has 3 atom stereocenters. The van der Waals surface area contributed by atoms with Gasteiger partial charge in [0.15, 0.2) is 0 Å². The Kier molecular flexibility index (Phi) is 4.37. The standard InChI is InChI=1S/C15H22N2O/c1-11-6-5-9-13(11)10-17-15(18)14(16)12-7-3-2-4-8-12/h2-4,7-8,11,13-14H,5-6,9-10,16H2,1H3,(H,17,18). The van der Waals surface area contributed by atoms with E-state index in [1.54, 1.807) is 0 Å². The van der Waals surface area contributed by atoms with Gasteiger partial charge in [0.2, 0.25) is 5.91 Å². The Balaban J connectivity index is 1.84. The summed E-state index contributed by atoms with van der Waals surface area (Å²) in [6.07, 6.45) is 3.79. The summed E-state index contributed by atoms with van der Waals surface area (Å²) < 4.78 is 0. The molecule has 1 aliphatic carbocycles. The van der Waals surface area contributed by atoms with Crippen LogP contribution in [0.1, 0.15) is 37.8 Å². The van der Waals surface area contributed by atoms with Gasteiger partial charge in [-0.3, -0.25) is 4.79 Å². The summed E-state index contributed by atoms with van der Waals surface area (Å²) in [6, 6.07) is 8.96. The first-order chi connectivity index (χ1) is 8.68. The summed E-state index contributed by atoms with van der Waals surface area (Å²) >= 11 is 0. The van der Waals surface area contributed by atoms with E-state index in [2.05, 4.69) is 12.2 Å². The van der Waals surface area contributed by atoms with Gasteiger partial charge in [-0.15, -0.1) is 0 Å². The van der Waals surface area contributed by atoms with Gasteiger partial charge in [-0.2, -0.15) is 0 Å². The van der Waals surface area contributed by atoms with Gasteiger partial charge in [0, 0.05) is 6.54 Å². The molecule has 0 saturated heterocycles. The van der Waals surface area contributed by atoms with E-state index < -0.39 is 6.04 Å². The van der Waals surface area contributed by atoms with Crippen molar-refractivity contribution >= 4 is 5.91 Å². The van der Waals surface area contributed by atoms with Crippen molar-refractivity contribution in [2.75, 3.05) is 6.54 Å². The molecule has 0 spiro atoms. The monoisotopic (exact) mass is 246 g/mol. The van der Waals surface area contributed by atoms with E-state index >= 15 is 0 Å². The Bertz CT molecular complexity index is 391. The summed E-state index contributed by atoms with van der Waals surface area (Å²) in [6.45, 7) is 3.03. The van der Waals surface area contributed by atoms with Gasteiger partial charge < -0.3 is 11.1 Å². The normalized spacial score (nSPS) is 24.8. The zero-order valence-corrected chi connectivity index (χ0v) is 10.9. The Hall–Kier alpha value is -1.35. The highest BCUT2D eigenvalue weighted by atomic mass is 16.2. The first-order valence-electron chi connectivity index (χ1n) is 6.76. The van der Waals surface area contributed by atoms with Gasteiger partial charge in [-0.05, 0) is 23.8 Å². The Morgan fingerprint density at radius 2 is 2.11 bits per heavy atom. The molecule has 1 aromatic carbocycles. The molecular formula is C15H22N2O. The molecule has 3 N–H and O–H groups in total. The van der Waals surface area contributed by atoms with Crippen LogP contribution in [-0.4, -0.2) is 12.5 Å². The predicted octanol–water partition coefficient (Wildman–Crippen LogP) is 2.24. The van der Waals surface area contributed by atoms with Crippen LogP contribution in [0.2, 0.25) is 0 Å². The Morgan fingerprint density at radius 3 is 2.72 bits per heavy atom. The number of carbonyl (C=O) groups is 1. The molecule has 1 amide bonds. The highest BCUT2D eigenvalue weighted by molar-refractivity contribution is 5.82. The van der Waals surface area contributed by atoms with Gasteiger partial charge in [0.25, 0.3) is 0 Å². The van der Waals surface area contributed by atoms with Gasteiger partial charge in [-0.25, -0.2) is 0 Å². The molecule has 0 heterocycles. The summed E-state index contributed by atoms with van der Waals surface area (Å²) in [5.41, 5.74) is 6.82. The van der Waals surface area contributed by atoms with Crippen molar-refractivity contribution < 1.29 is 4.79 Å². The van der Waals surface area contributed by atoms with E-state index in [1.807, 2.05) is 30.3 Å². The van der Waals surface area contributed by atoms with Gasteiger partial charge in [0.05, 0.1) is 0 Å². The third kappa shape index (κ3) is 3.10. The summed E-state index contributed by atoms with van der Waals surface area (Å²) in [5, 5.41) is 2.99. The van der Waals surface area contributed by atoms with E-state index in [9.17, 15) is 4.79 Å². The minimum atomic E-state index is -0.553. The maximum absolute atomic E-state index is 12.0. The third-order valence-electron chi connectivity index (χ3n) is 4.02. The van der Waals surface area contributed by atoms with Crippen molar-refractivity contribution in [2.45, 2.75) is 32.2 Å². The van der Waals surface area contributed by atoms with E-state index in [1.165, 1.54) is 19.3 Å². The SMILES string of the molecule is CC1CCCC1CNC(=O)C(N)c1ccccc1. The fourth-order valence-electron chi connectivity index (χ4n) is 2.68. The highest BCUT2D eigenvalue weighted by Gasteiger charge is 2.24. The third-order valence-corrected chi connectivity index (χ3v) is 4.02. The second kappa shape index (κ2) is 6.01. The predicted molar refractivity (Wildman–Crippen MR) is 72.9 cm³/mol. The highest BCUT2D eigenvalue weighted by Crippen LogP contribution is 2.30. The molecule has 1 aliphatic rings. The van der Waals surface area contributed by atoms with Crippen LogP contribution >= 0.6 is 0 Å². The van der Waals surface area contributed by atoms with Crippen molar-refractivity contribution in [2.24, 2.45) is 17.6 Å². The van der Waals surface area contributed by atoms with Crippen LogP contribution < -0.4 is 11.1 Å². The maximum Gasteiger partial charge on any atom is 0.241 e. The van der Waals surface area contributed by atoms with E-state index in [0.29, 0.717) is 5.92 Å². The second-order valence-corrected chi connectivity index (χ2v) is 5.30. The minimum absolute atomic E-state index is 0.0692. The molecule has 3 unspecified atom stereocenters. The van der Waals surface area contributed by atoms with Crippen LogP contribution in [0.25, 0.3) is 0 Å².